The van der Waals surface area contributed by atoms with E-state index < -0.39 is 0 Å². The van der Waals surface area contributed by atoms with Crippen LogP contribution in [0.1, 0.15) is 45.4 Å². The Morgan fingerprint density at radius 1 is 1.29 bits per heavy atom. The molecule has 0 saturated heterocycles. The first-order chi connectivity index (χ1) is 6.60. The lowest BCUT2D eigenvalue weighted by Crippen LogP contribution is -2.37. The van der Waals surface area contributed by atoms with Crippen LogP contribution in [-0.4, -0.2) is 5.78 Å². The smallest absolute Gasteiger partial charge is 0.140 e. The topological polar surface area (TPSA) is 17.1 Å². The molecule has 0 amide bonds. The number of ketones is 1. The van der Waals surface area contributed by atoms with E-state index in [-0.39, 0.29) is 5.41 Å². The maximum Gasteiger partial charge on any atom is 0.140 e. The maximum atomic E-state index is 12.2. The van der Waals surface area contributed by atoms with E-state index in [1.54, 1.807) is 0 Å². The van der Waals surface area contributed by atoms with Crippen molar-refractivity contribution >= 4 is 5.78 Å². The van der Waals surface area contributed by atoms with Crippen molar-refractivity contribution in [2.75, 3.05) is 0 Å². The summed E-state index contributed by atoms with van der Waals surface area (Å²) in [5, 5.41) is 0. The fourth-order valence-corrected chi connectivity index (χ4v) is 4.54. The third-order valence-corrected chi connectivity index (χ3v) is 5.39. The van der Waals surface area contributed by atoms with E-state index in [2.05, 4.69) is 13.5 Å². The van der Waals surface area contributed by atoms with Crippen LogP contribution in [-0.2, 0) is 4.79 Å². The van der Waals surface area contributed by atoms with Crippen molar-refractivity contribution in [1.29, 1.82) is 0 Å². The lowest BCUT2D eigenvalue weighted by atomic mass is 9.66. The quantitative estimate of drug-likeness (QED) is 0.536. The van der Waals surface area contributed by atoms with Gasteiger partial charge in [-0.2, -0.15) is 0 Å². The summed E-state index contributed by atoms with van der Waals surface area (Å²) in [6.45, 7) is 6.51. The van der Waals surface area contributed by atoms with Gasteiger partial charge < -0.3 is 0 Å². The van der Waals surface area contributed by atoms with Crippen molar-refractivity contribution < 1.29 is 4.79 Å². The second-order valence-corrected chi connectivity index (χ2v) is 5.70. The van der Waals surface area contributed by atoms with Crippen LogP contribution in [0.5, 0.6) is 0 Å². The van der Waals surface area contributed by atoms with Crippen LogP contribution in [0, 0.1) is 16.7 Å². The number of allylic oxidation sites excluding steroid dienone is 1. The van der Waals surface area contributed by atoms with E-state index in [1.165, 1.54) is 18.4 Å². The second kappa shape index (κ2) is 2.32. The molecule has 0 unspecified atom stereocenters. The number of Topliss-reactive ketones (excluding diaryl/α,β-unsaturated/α-hetero) is 1. The highest BCUT2D eigenvalue weighted by Gasteiger charge is 2.66. The van der Waals surface area contributed by atoms with E-state index in [0.717, 1.165) is 25.7 Å². The standard InChI is InChI=1S/C13H18O/c1-9-3-8-13-10(9)4-6-12(13,2)7-5-11(13)14/h10H,1,3-8H2,2H3/t10-,12-,13+/m0/s1. The summed E-state index contributed by atoms with van der Waals surface area (Å²) < 4.78 is 0. The Morgan fingerprint density at radius 2 is 2.07 bits per heavy atom. The van der Waals surface area contributed by atoms with Crippen molar-refractivity contribution in [3.05, 3.63) is 12.2 Å². The van der Waals surface area contributed by atoms with E-state index in [4.69, 9.17) is 0 Å². The molecule has 1 spiro atoms. The molecule has 76 valence electrons. The molecule has 0 aromatic carbocycles. The molecule has 0 aromatic heterocycles. The van der Waals surface area contributed by atoms with Crippen molar-refractivity contribution in [1.82, 2.24) is 0 Å². The van der Waals surface area contributed by atoms with Gasteiger partial charge in [0.1, 0.15) is 5.78 Å². The Kier molecular flexibility index (Phi) is 1.44. The molecule has 3 aliphatic carbocycles. The average Bonchev–Trinajstić information content (AvgIpc) is 2.70. The summed E-state index contributed by atoms with van der Waals surface area (Å²) >= 11 is 0. The van der Waals surface area contributed by atoms with Gasteiger partial charge in [0, 0.05) is 11.8 Å². The van der Waals surface area contributed by atoms with E-state index in [1.807, 2.05) is 0 Å². The molecule has 1 heteroatoms. The fourth-order valence-electron chi connectivity index (χ4n) is 4.54. The first-order valence-corrected chi connectivity index (χ1v) is 5.81. The molecule has 14 heavy (non-hydrogen) atoms. The minimum absolute atomic E-state index is 0.0457. The summed E-state index contributed by atoms with van der Waals surface area (Å²) in [5.41, 5.74) is 1.74. The summed E-state index contributed by atoms with van der Waals surface area (Å²) in [6.07, 6.45) is 6.65. The lowest BCUT2D eigenvalue weighted by Gasteiger charge is -2.36. The third-order valence-electron chi connectivity index (χ3n) is 5.39. The largest absolute Gasteiger partial charge is 0.299 e. The second-order valence-electron chi connectivity index (χ2n) is 5.70. The Labute approximate surface area is 85.6 Å². The minimum Gasteiger partial charge on any atom is -0.299 e. The molecule has 1 nitrogen and oxygen atoms in total. The molecular formula is C13H18O. The normalized spacial score (nSPS) is 51.1. The van der Waals surface area contributed by atoms with Crippen molar-refractivity contribution in [3.8, 4) is 0 Å². The van der Waals surface area contributed by atoms with Gasteiger partial charge in [-0.15, -0.1) is 0 Å². The van der Waals surface area contributed by atoms with E-state index in [0.29, 0.717) is 17.1 Å². The predicted molar refractivity (Wildman–Crippen MR) is 55.9 cm³/mol. The number of hydrogen-bond acceptors (Lipinski definition) is 1. The number of carbonyl (C=O) groups is 1. The SMILES string of the molecule is C=C1CC[C@@]23C(=O)CC[C@]2(C)CC[C@@H]13. The Hall–Kier alpha value is -0.590. The molecule has 3 aliphatic rings. The first kappa shape index (κ1) is 8.70. The molecule has 0 aliphatic heterocycles. The van der Waals surface area contributed by atoms with Crippen LogP contribution >= 0.6 is 0 Å². The van der Waals surface area contributed by atoms with Gasteiger partial charge in [0.05, 0.1) is 0 Å². The lowest BCUT2D eigenvalue weighted by molar-refractivity contribution is -0.129. The Bertz CT molecular complexity index is 330. The zero-order valence-electron chi connectivity index (χ0n) is 8.94. The average molecular weight is 190 g/mol. The zero-order valence-corrected chi connectivity index (χ0v) is 8.94. The number of rotatable bonds is 0. The van der Waals surface area contributed by atoms with Crippen LogP contribution in [0.3, 0.4) is 0 Å². The maximum absolute atomic E-state index is 12.2. The molecule has 0 bridgehead atoms. The highest BCUT2D eigenvalue weighted by atomic mass is 16.1. The van der Waals surface area contributed by atoms with Crippen LogP contribution in [0.2, 0.25) is 0 Å². The van der Waals surface area contributed by atoms with E-state index >= 15 is 0 Å². The molecule has 0 aromatic rings. The molecule has 0 heterocycles. The molecule has 0 radical (unpaired) electrons. The number of hydrogen-bond donors (Lipinski definition) is 0. The summed E-state index contributed by atoms with van der Waals surface area (Å²) in [7, 11) is 0. The summed E-state index contributed by atoms with van der Waals surface area (Å²) in [5.74, 6) is 1.10. The monoisotopic (exact) mass is 190 g/mol. The van der Waals surface area contributed by atoms with Gasteiger partial charge >= 0.3 is 0 Å². The van der Waals surface area contributed by atoms with Gasteiger partial charge in [-0.3, -0.25) is 4.79 Å². The molecule has 3 fully saturated rings. The highest BCUT2D eigenvalue weighted by Crippen LogP contribution is 2.70. The molecule has 3 atom stereocenters. The van der Waals surface area contributed by atoms with Gasteiger partial charge in [-0.25, -0.2) is 0 Å². The summed E-state index contributed by atoms with van der Waals surface area (Å²) in [6, 6.07) is 0. The van der Waals surface area contributed by atoms with Gasteiger partial charge in [0.25, 0.3) is 0 Å². The number of carbonyl (C=O) groups excluding carboxylic acids is 1. The van der Waals surface area contributed by atoms with Crippen molar-refractivity contribution in [2.24, 2.45) is 16.7 Å². The first-order valence-electron chi connectivity index (χ1n) is 5.81. The molecule has 3 saturated carbocycles. The molecule has 3 rings (SSSR count). The Balaban J connectivity index is 2.15. The van der Waals surface area contributed by atoms with Crippen LogP contribution in [0.25, 0.3) is 0 Å². The van der Waals surface area contributed by atoms with Gasteiger partial charge in [0.2, 0.25) is 0 Å². The van der Waals surface area contributed by atoms with Crippen LogP contribution in [0.15, 0.2) is 12.2 Å². The molecule has 0 N–H and O–H groups in total. The van der Waals surface area contributed by atoms with Gasteiger partial charge in [-0.05, 0) is 43.4 Å². The van der Waals surface area contributed by atoms with E-state index in [9.17, 15) is 4.79 Å². The third kappa shape index (κ3) is 0.687. The molecular weight excluding hydrogens is 172 g/mol. The highest BCUT2D eigenvalue weighted by molar-refractivity contribution is 5.90. The minimum atomic E-state index is 0.0457. The zero-order chi connectivity index (χ0) is 9.97. The van der Waals surface area contributed by atoms with Crippen LogP contribution < -0.4 is 0 Å². The Morgan fingerprint density at radius 3 is 2.86 bits per heavy atom. The predicted octanol–water partition coefficient (Wildman–Crippen LogP) is 3.10. The van der Waals surface area contributed by atoms with Gasteiger partial charge in [-0.1, -0.05) is 19.1 Å². The fraction of sp³-hybridized carbons (Fsp3) is 0.769. The van der Waals surface area contributed by atoms with Crippen molar-refractivity contribution in [2.45, 2.75) is 45.4 Å². The van der Waals surface area contributed by atoms with Crippen molar-refractivity contribution in [3.63, 3.8) is 0 Å². The summed E-state index contributed by atoms with van der Waals surface area (Å²) in [4.78, 5) is 12.2. The van der Waals surface area contributed by atoms with Crippen LogP contribution in [0.4, 0.5) is 0 Å². The van der Waals surface area contributed by atoms with Gasteiger partial charge in [0.15, 0.2) is 0 Å².